The molecular formula is C34H58O10. The average Bonchev–Trinajstić information content (AvgIpc) is 3.52. The Bertz CT molecular complexity index is 1020. The van der Waals surface area contributed by atoms with Gasteiger partial charge in [0.15, 0.2) is 0 Å². The van der Waals surface area contributed by atoms with Crippen molar-refractivity contribution in [2.24, 2.45) is 40.4 Å². The lowest BCUT2D eigenvalue weighted by molar-refractivity contribution is -0.166. The standard InChI is InChI=1S/C14H20O4.C10H18O4.C10H20O2/c1-6(2)7(3)13(15)17-11-8-4-9-10(5-8)14(16)18-12(9)11;1-5-10(3,4)9(13)14-7(2)6-8(11)12;1-7-10(5,6)8(11)12-9(2,3)4/h6-12H,4-5H2,1-3H3;7H,5-6H2,1-4H3,(H,11,12);7H2,1-6H3. The van der Waals surface area contributed by atoms with Gasteiger partial charge in [-0.25, -0.2) is 0 Å². The Morgan fingerprint density at radius 3 is 1.86 bits per heavy atom. The second kappa shape index (κ2) is 15.6. The monoisotopic (exact) mass is 626 g/mol. The molecule has 2 saturated carbocycles. The van der Waals surface area contributed by atoms with Crippen LogP contribution < -0.4 is 0 Å². The number of carboxylic acids is 1. The number of hydrogen-bond donors (Lipinski definition) is 1. The van der Waals surface area contributed by atoms with E-state index in [9.17, 15) is 24.0 Å². The van der Waals surface area contributed by atoms with Crippen LogP contribution in [0.1, 0.15) is 122 Å². The number of hydrogen-bond acceptors (Lipinski definition) is 9. The number of esters is 4. The molecule has 1 aliphatic heterocycles. The molecule has 3 aliphatic rings. The molecule has 0 radical (unpaired) electrons. The van der Waals surface area contributed by atoms with Crippen molar-refractivity contribution >= 4 is 29.8 Å². The molecular weight excluding hydrogens is 568 g/mol. The van der Waals surface area contributed by atoms with Gasteiger partial charge < -0.3 is 24.1 Å². The fourth-order valence-electron chi connectivity index (χ4n) is 4.91. The van der Waals surface area contributed by atoms with E-state index in [2.05, 4.69) is 0 Å². The normalized spacial score (nSPS) is 25.0. The van der Waals surface area contributed by atoms with Crippen LogP contribution >= 0.6 is 0 Å². The largest absolute Gasteiger partial charge is 0.481 e. The molecule has 3 fully saturated rings. The molecule has 44 heavy (non-hydrogen) atoms. The maximum Gasteiger partial charge on any atom is 0.312 e. The topological polar surface area (TPSA) is 143 Å². The molecule has 0 spiro atoms. The Morgan fingerprint density at radius 1 is 0.886 bits per heavy atom. The van der Waals surface area contributed by atoms with E-state index in [1.54, 1.807) is 20.8 Å². The zero-order valence-corrected chi connectivity index (χ0v) is 29.3. The van der Waals surface area contributed by atoms with Crippen molar-refractivity contribution < 1.29 is 48.0 Å². The van der Waals surface area contributed by atoms with Gasteiger partial charge in [-0.05, 0) is 87.0 Å². The minimum Gasteiger partial charge on any atom is -0.481 e. The van der Waals surface area contributed by atoms with Crippen molar-refractivity contribution in [3.05, 3.63) is 0 Å². The SMILES string of the molecule is CC(C)C(C)C(=O)OC1C2CC3C(=O)OC1C3C2.CCC(C)(C)C(=O)OC(C)(C)C.CCC(C)(C)C(=O)OC(C)CC(=O)O. The van der Waals surface area contributed by atoms with Crippen LogP contribution in [0.2, 0.25) is 0 Å². The van der Waals surface area contributed by atoms with E-state index in [0.717, 1.165) is 19.3 Å². The Kier molecular flexibility index (Phi) is 13.9. The third-order valence-corrected chi connectivity index (χ3v) is 9.08. The van der Waals surface area contributed by atoms with Crippen LogP contribution in [0.3, 0.4) is 0 Å². The van der Waals surface area contributed by atoms with Crippen molar-refractivity contribution in [1.82, 2.24) is 0 Å². The predicted octanol–water partition coefficient (Wildman–Crippen LogP) is 6.37. The molecule has 0 aromatic heterocycles. The van der Waals surface area contributed by atoms with E-state index in [1.807, 2.05) is 69.2 Å². The Balaban J connectivity index is 0.000000340. The lowest BCUT2D eigenvalue weighted by atomic mass is 9.88. The Labute approximate surface area is 264 Å². The van der Waals surface area contributed by atoms with Crippen molar-refractivity contribution in [3.63, 3.8) is 0 Å². The highest BCUT2D eigenvalue weighted by atomic mass is 16.6. The van der Waals surface area contributed by atoms with Gasteiger partial charge in [0.25, 0.3) is 0 Å². The number of aliphatic carboxylic acids is 1. The van der Waals surface area contributed by atoms with Gasteiger partial charge in [-0.2, -0.15) is 0 Å². The average molecular weight is 627 g/mol. The predicted molar refractivity (Wildman–Crippen MR) is 165 cm³/mol. The third kappa shape index (κ3) is 11.1. The molecule has 1 heterocycles. The summed E-state index contributed by atoms with van der Waals surface area (Å²) in [7, 11) is 0. The van der Waals surface area contributed by atoms with Gasteiger partial charge in [0, 0.05) is 11.8 Å². The summed E-state index contributed by atoms with van der Waals surface area (Å²) in [6.07, 6.45) is 2.24. The van der Waals surface area contributed by atoms with Gasteiger partial charge in [-0.1, -0.05) is 34.6 Å². The minimum atomic E-state index is -0.959. The smallest absolute Gasteiger partial charge is 0.312 e. The van der Waals surface area contributed by atoms with Gasteiger partial charge in [-0.15, -0.1) is 0 Å². The van der Waals surface area contributed by atoms with Gasteiger partial charge in [-0.3, -0.25) is 24.0 Å². The molecule has 254 valence electrons. The summed E-state index contributed by atoms with van der Waals surface area (Å²) in [6, 6.07) is 0. The highest BCUT2D eigenvalue weighted by Gasteiger charge is 2.63. The molecule has 0 aromatic carbocycles. The number of fused-ring (bicyclic) bond motifs is 1. The fourth-order valence-corrected chi connectivity index (χ4v) is 4.91. The maximum atomic E-state index is 12.0. The second-order valence-corrected chi connectivity index (χ2v) is 15.1. The van der Waals surface area contributed by atoms with Crippen LogP contribution in [0.15, 0.2) is 0 Å². The molecule has 1 N–H and O–H groups in total. The van der Waals surface area contributed by atoms with E-state index in [4.69, 9.17) is 24.1 Å². The number of rotatable bonds is 10. The summed E-state index contributed by atoms with van der Waals surface area (Å²) in [5, 5.41) is 8.47. The van der Waals surface area contributed by atoms with Crippen molar-refractivity contribution in [3.8, 4) is 0 Å². The highest BCUT2D eigenvalue weighted by molar-refractivity contribution is 5.78. The zero-order valence-electron chi connectivity index (χ0n) is 29.3. The fraction of sp³-hybridized carbons (Fsp3) is 0.853. The number of carboxylic acid groups (broad SMARTS) is 1. The van der Waals surface area contributed by atoms with Crippen LogP contribution in [0.4, 0.5) is 0 Å². The zero-order chi connectivity index (χ0) is 34.4. The molecule has 2 aliphatic carbocycles. The van der Waals surface area contributed by atoms with E-state index in [-0.39, 0.29) is 71.3 Å². The summed E-state index contributed by atoms with van der Waals surface area (Å²) >= 11 is 0. The maximum absolute atomic E-state index is 12.0. The molecule has 3 rings (SSSR count). The minimum absolute atomic E-state index is 0.0806. The first-order valence-corrected chi connectivity index (χ1v) is 16.0. The summed E-state index contributed by atoms with van der Waals surface area (Å²) in [5.41, 5.74) is -1.26. The Morgan fingerprint density at radius 2 is 1.41 bits per heavy atom. The van der Waals surface area contributed by atoms with Gasteiger partial charge in [0.1, 0.15) is 23.9 Å². The molecule has 2 bridgehead atoms. The lowest BCUT2D eigenvalue weighted by Gasteiger charge is -2.27. The van der Waals surface area contributed by atoms with E-state index in [1.165, 1.54) is 0 Å². The van der Waals surface area contributed by atoms with Crippen LogP contribution in [0, 0.1) is 40.4 Å². The van der Waals surface area contributed by atoms with Gasteiger partial charge in [0.05, 0.1) is 29.1 Å². The summed E-state index contributed by atoms with van der Waals surface area (Å²) in [4.78, 5) is 56.9. The molecule has 0 amide bonds. The second-order valence-electron chi connectivity index (χ2n) is 15.1. The van der Waals surface area contributed by atoms with Crippen LogP contribution in [0.5, 0.6) is 0 Å². The molecule has 0 aromatic rings. The van der Waals surface area contributed by atoms with Crippen molar-refractivity contribution in [1.29, 1.82) is 0 Å². The van der Waals surface area contributed by atoms with Crippen molar-refractivity contribution in [2.75, 3.05) is 0 Å². The Hall–Kier alpha value is -2.65. The first-order chi connectivity index (χ1) is 20.0. The lowest BCUT2D eigenvalue weighted by Crippen LogP contribution is -2.37. The molecule has 1 saturated heterocycles. The van der Waals surface area contributed by atoms with Gasteiger partial charge in [0.2, 0.25) is 0 Å². The van der Waals surface area contributed by atoms with E-state index in [0.29, 0.717) is 18.3 Å². The molecule has 10 nitrogen and oxygen atoms in total. The van der Waals surface area contributed by atoms with Gasteiger partial charge >= 0.3 is 29.8 Å². The van der Waals surface area contributed by atoms with Crippen LogP contribution in [-0.2, 0) is 42.9 Å². The van der Waals surface area contributed by atoms with Crippen LogP contribution in [-0.4, -0.2) is 58.9 Å². The summed E-state index contributed by atoms with van der Waals surface area (Å²) in [6.45, 7) is 24.4. The quantitative estimate of drug-likeness (QED) is 0.215. The number of ether oxygens (including phenoxy) is 4. The van der Waals surface area contributed by atoms with Crippen LogP contribution in [0.25, 0.3) is 0 Å². The third-order valence-electron chi connectivity index (χ3n) is 9.08. The number of carbonyl (C=O) groups is 5. The molecule has 10 heteroatoms. The first-order valence-electron chi connectivity index (χ1n) is 16.0. The highest BCUT2D eigenvalue weighted by Crippen LogP contribution is 2.55. The molecule has 7 atom stereocenters. The van der Waals surface area contributed by atoms with E-state index < -0.39 is 17.5 Å². The summed E-state index contributed by atoms with van der Waals surface area (Å²) in [5.74, 6) is -0.755. The van der Waals surface area contributed by atoms with Crippen molar-refractivity contribution in [2.45, 2.75) is 146 Å². The van der Waals surface area contributed by atoms with E-state index >= 15 is 0 Å². The summed E-state index contributed by atoms with van der Waals surface area (Å²) < 4.78 is 21.3. The number of carbonyl (C=O) groups excluding carboxylic acids is 4. The molecule has 7 unspecified atom stereocenters. The first kappa shape index (κ1) is 39.4.